The van der Waals surface area contributed by atoms with Gasteiger partial charge in [0, 0.05) is 19.2 Å². The van der Waals surface area contributed by atoms with Crippen molar-refractivity contribution in [3.63, 3.8) is 0 Å². The van der Waals surface area contributed by atoms with Crippen LogP contribution >= 0.6 is 0 Å². The lowest BCUT2D eigenvalue weighted by Gasteiger charge is -2.35. The zero-order valence-electron chi connectivity index (χ0n) is 11.4. The molecule has 0 aliphatic carbocycles. The van der Waals surface area contributed by atoms with Crippen LogP contribution in [0.1, 0.15) is 26.7 Å². The van der Waals surface area contributed by atoms with Gasteiger partial charge in [-0.2, -0.15) is 0 Å². The molecule has 1 saturated heterocycles. The summed E-state index contributed by atoms with van der Waals surface area (Å²) in [7, 11) is 0. The Morgan fingerprint density at radius 1 is 1.47 bits per heavy atom. The van der Waals surface area contributed by atoms with Crippen LogP contribution in [0.25, 0.3) is 0 Å². The minimum Gasteiger partial charge on any atom is -0.478 e. The van der Waals surface area contributed by atoms with Gasteiger partial charge < -0.3 is 15.0 Å². The van der Waals surface area contributed by atoms with E-state index < -0.39 is 0 Å². The van der Waals surface area contributed by atoms with E-state index in [-0.39, 0.29) is 11.9 Å². The fraction of sp³-hybridized carbons (Fsp3) is 0.615. The molecule has 0 saturated carbocycles. The van der Waals surface area contributed by atoms with Gasteiger partial charge in [-0.1, -0.05) is 13.3 Å². The van der Waals surface area contributed by atoms with Gasteiger partial charge in [-0.25, -0.2) is 9.97 Å². The Labute approximate surface area is 113 Å². The van der Waals surface area contributed by atoms with Gasteiger partial charge in [0.05, 0.1) is 6.61 Å². The third kappa shape index (κ3) is 3.13. The summed E-state index contributed by atoms with van der Waals surface area (Å²) in [5.41, 5.74) is 0. The van der Waals surface area contributed by atoms with E-state index in [1.807, 2.05) is 11.8 Å². The number of carbonyl (C=O) groups is 1. The SMILES string of the molecule is CCCC1C(=O)NCCN1c1cc(OCC)ncn1. The first-order valence-electron chi connectivity index (χ1n) is 6.75. The summed E-state index contributed by atoms with van der Waals surface area (Å²) in [5.74, 6) is 1.38. The molecular formula is C13H20N4O2. The summed E-state index contributed by atoms with van der Waals surface area (Å²) in [4.78, 5) is 22.3. The molecule has 1 atom stereocenters. The van der Waals surface area contributed by atoms with Crippen LogP contribution in [0.3, 0.4) is 0 Å². The lowest BCUT2D eigenvalue weighted by Crippen LogP contribution is -2.55. The highest BCUT2D eigenvalue weighted by molar-refractivity contribution is 5.86. The van der Waals surface area contributed by atoms with E-state index >= 15 is 0 Å². The fourth-order valence-electron chi connectivity index (χ4n) is 2.26. The molecule has 2 heterocycles. The quantitative estimate of drug-likeness (QED) is 0.858. The second-order valence-electron chi connectivity index (χ2n) is 4.44. The lowest BCUT2D eigenvalue weighted by molar-refractivity contribution is -0.123. The standard InChI is InChI=1S/C13H20N4O2/c1-3-5-10-13(18)14-6-7-17(10)11-8-12(19-4-2)16-9-15-11/h8-10H,3-7H2,1-2H3,(H,14,18). The number of amides is 1. The second kappa shape index (κ2) is 6.36. The van der Waals surface area contributed by atoms with Crippen molar-refractivity contribution in [1.82, 2.24) is 15.3 Å². The number of nitrogens with one attached hydrogen (secondary N) is 1. The van der Waals surface area contributed by atoms with Crippen LogP contribution in [0.5, 0.6) is 5.88 Å². The Hall–Kier alpha value is -1.85. The van der Waals surface area contributed by atoms with Gasteiger partial charge in [-0.05, 0) is 13.3 Å². The van der Waals surface area contributed by atoms with Gasteiger partial charge in [-0.3, -0.25) is 4.79 Å². The van der Waals surface area contributed by atoms with E-state index in [4.69, 9.17) is 4.74 Å². The molecule has 1 aliphatic rings. The summed E-state index contributed by atoms with van der Waals surface area (Å²) in [5, 5.41) is 2.90. The Morgan fingerprint density at radius 2 is 2.32 bits per heavy atom. The van der Waals surface area contributed by atoms with Crippen molar-refractivity contribution < 1.29 is 9.53 Å². The molecule has 1 aromatic rings. The molecule has 6 nitrogen and oxygen atoms in total. The van der Waals surface area contributed by atoms with Crippen LogP contribution in [0, 0.1) is 0 Å². The summed E-state index contributed by atoms with van der Waals surface area (Å²) in [6, 6.07) is 1.65. The normalized spacial score (nSPS) is 19.2. The topological polar surface area (TPSA) is 67.4 Å². The molecule has 0 spiro atoms. The number of ether oxygens (including phenoxy) is 1. The zero-order chi connectivity index (χ0) is 13.7. The second-order valence-corrected chi connectivity index (χ2v) is 4.44. The number of carbonyl (C=O) groups excluding carboxylic acids is 1. The van der Waals surface area contributed by atoms with Crippen LogP contribution in [0.4, 0.5) is 5.82 Å². The Morgan fingerprint density at radius 3 is 3.05 bits per heavy atom. The van der Waals surface area contributed by atoms with Crippen LogP contribution in [0.2, 0.25) is 0 Å². The maximum atomic E-state index is 12.0. The van der Waals surface area contributed by atoms with E-state index in [1.54, 1.807) is 6.07 Å². The Balaban J connectivity index is 2.21. The molecule has 1 N–H and O–H groups in total. The Bertz CT molecular complexity index is 438. The maximum absolute atomic E-state index is 12.0. The van der Waals surface area contributed by atoms with Gasteiger partial charge in [-0.15, -0.1) is 0 Å². The number of hydrogen-bond donors (Lipinski definition) is 1. The van der Waals surface area contributed by atoms with Crippen LogP contribution in [-0.4, -0.2) is 41.6 Å². The van der Waals surface area contributed by atoms with Crippen molar-refractivity contribution in [2.24, 2.45) is 0 Å². The van der Waals surface area contributed by atoms with Gasteiger partial charge in [0.25, 0.3) is 0 Å². The lowest BCUT2D eigenvalue weighted by atomic mass is 10.1. The first kappa shape index (κ1) is 13.6. The van der Waals surface area contributed by atoms with E-state index in [2.05, 4.69) is 22.2 Å². The van der Waals surface area contributed by atoms with Gasteiger partial charge in [0.15, 0.2) is 0 Å². The molecular weight excluding hydrogens is 244 g/mol. The minimum atomic E-state index is -0.150. The largest absolute Gasteiger partial charge is 0.478 e. The minimum absolute atomic E-state index is 0.0738. The third-order valence-corrected chi connectivity index (χ3v) is 3.11. The van der Waals surface area contributed by atoms with Crippen molar-refractivity contribution in [2.45, 2.75) is 32.7 Å². The monoisotopic (exact) mass is 264 g/mol. The molecule has 1 aromatic heterocycles. The predicted octanol–water partition coefficient (Wildman–Crippen LogP) is 0.980. The van der Waals surface area contributed by atoms with Gasteiger partial charge in [0.2, 0.25) is 11.8 Å². The average molecular weight is 264 g/mol. The summed E-state index contributed by atoms with van der Waals surface area (Å²) in [6.45, 7) is 5.96. The van der Waals surface area contributed by atoms with Crippen LogP contribution in [0.15, 0.2) is 12.4 Å². The number of hydrogen-bond acceptors (Lipinski definition) is 5. The fourth-order valence-corrected chi connectivity index (χ4v) is 2.26. The molecule has 0 radical (unpaired) electrons. The first-order chi connectivity index (χ1) is 9.26. The van der Waals surface area contributed by atoms with E-state index in [0.717, 1.165) is 25.2 Å². The average Bonchev–Trinajstić information content (AvgIpc) is 2.42. The molecule has 0 bridgehead atoms. The molecule has 19 heavy (non-hydrogen) atoms. The summed E-state index contributed by atoms with van der Waals surface area (Å²) in [6.07, 6.45) is 3.26. The molecule has 1 aliphatic heterocycles. The van der Waals surface area contributed by atoms with Crippen molar-refractivity contribution in [3.8, 4) is 5.88 Å². The van der Waals surface area contributed by atoms with Crippen LogP contribution < -0.4 is 15.0 Å². The van der Waals surface area contributed by atoms with Gasteiger partial charge >= 0.3 is 0 Å². The number of rotatable bonds is 5. The molecule has 1 amide bonds. The highest BCUT2D eigenvalue weighted by Crippen LogP contribution is 2.21. The van der Waals surface area contributed by atoms with E-state index in [0.29, 0.717) is 19.0 Å². The molecule has 2 rings (SSSR count). The number of nitrogens with zero attached hydrogens (tertiary/aromatic N) is 3. The zero-order valence-corrected chi connectivity index (χ0v) is 11.4. The highest BCUT2D eigenvalue weighted by Gasteiger charge is 2.29. The Kier molecular flexibility index (Phi) is 4.54. The van der Waals surface area contributed by atoms with Crippen molar-refractivity contribution in [2.75, 3.05) is 24.6 Å². The number of anilines is 1. The molecule has 1 unspecified atom stereocenters. The predicted molar refractivity (Wildman–Crippen MR) is 72.3 cm³/mol. The van der Waals surface area contributed by atoms with Crippen molar-refractivity contribution in [1.29, 1.82) is 0 Å². The molecule has 0 aromatic carbocycles. The number of aromatic nitrogens is 2. The van der Waals surface area contributed by atoms with E-state index in [9.17, 15) is 4.79 Å². The molecule has 6 heteroatoms. The van der Waals surface area contributed by atoms with Crippen molar-refractivity contribution in [3.05, 3.63) is 12.4 Å². The van der Waals surface area contributed by atoms with Gasteiger partial charge in [0.1, 0.15) is 18.2 Å². The van der Waals surface area contributed by atoms with Crippen molar-refractivity contribution >= 4 is 11.7 Å². The maximum Gasteiger partial charge on any atom is 0.242 e. The summed E-state index contributed by atoms with van der Waals surface area (Å²) >= 11 is 0. The third-order valence-electron chi connectivity index (χ3n) is 3.11. The van der Waals surface area contributed by atoms with E-state index in [1.165, 1.54) is 6.33 Å². The smallest absolute Gasteiger partial charge is 0.242 e. The summed E-state index contributed by atoms with van der Waals surface area (Å²) < 4.78 is 5.38. The molecule has 104 valence electrons. The highest BCUT2D eigenvalue weighted by atomic mass is 16.5. The van der Waals surface area contributed by atoms with Crippen LogP contribution in [-0.2, 0) is 4.79 Å². The first-order valence-corrected chi connectivity index (χ1v) is 6.75. The number of piperazine rings is 1. The molecule has 1 fully saturated rings.